The summed E-state index contributed by atoms with van der Waals surface area (Å²) in [6.07, 6.45) is 2.94. The van der Waals surface area contributed by atoms with Crippen molar-refractivity contribution in [1.82, 2.24) is 10.0 Å². The van der Waals surface area contributed by atoms with Gasteiger partial charge < -0.3 is 10.1 Å². The van der Waals surface area contributed by atoms with Gasteiger partial charge in [0.2, 0.25) is 10.0 Å². The highest BCUT2D eigenvalue weighted by atomic mass is 32.2. The molecule has 1 heterocycles. The van der Waals surface area contributed by atoms with Crippen LogP contribution >= 0.6 is 0 Å². The van der Waals surface area contributed by atoms with Crippen molar-refractivity contribution in [2.75, 3.05) is 13.1 Å². The Morgan fingerprint density at radius 1 is 1.36 bits per heavy atom. The number of benzene rings is 1. The first-order chi connectivity index (χ1) is 10.4. The summed E-state index contributed by atoms with van der Waals surface area (Å²) >= 11 is 0. The Morgan fingerprint density at radius 3 is 2.73 bits per heavy atom. The molecule has 22 heavy (non-hydrogen) atoms. The van der Waals surface area contributed by atoms with Gasteiger partial charge in [0.15, 0.2) is 11.6 Å². The maximum Gasteiger partial charge on any atom is 0.387 e. The van der Waals surface area contributed by atoms with Gasteiger partial charge in [0, 0.05) is 12.6 Å². The number of ether oxygens (including phenoxy) is 1. The van der Waals surface area contributed by atoms with Crippen LogP contribution in [0.5, 0.6) is 5.75 Å². The van der Waals surface area contributed by atoms with E-state index in [0.717, 1.165) is 37.9 Å². The fraction of sp³-hybridized carbons (Fsp3) is 0.538. The fourth-order valence-corrected chi connectivity index (χ4v) is 3.33. The van der Waals surface area contributed by atoms with Crippen LogP contribution in [0.15, 0.2) is 23.1 Å². The third-order valence-corrected chi connectivity index (χ3v) is 4.78. The number of alkyl halides is 2. The van der Waals surface area contributed by atoms with Crippen LogP contribution < -0.4 is 14.8 Å². The summed E-state index contributed by atoms with van der Waals surface area (Å²) < 4.78 is 68.1. The number of hydrogen-bond acceptors (Lipinski definition) is 4. The van der Waals surface area contributed by atoms with Gasteiger partial charge in [-0.25, -0.2) is 17.5 Å². The minimum Gasteiger partial charge on any atom is -0.432 e. The van der Waals surface area contributed by atoms with Crippen molar-refractivity contribution in [2.45, 2.75) is 36.8 Å². The summed E-state index contributed by atoms with van der Waals surface area (Å²) in [5, 5.41) is 3.18. The lowest BCUT2D eigenvalue weighted by molar-refractivity contribution is -0.0522. The van der Waals surface area contributed by atoms with E-state index in [1.54, 1.807) is 0 Å². The first-order valence-corrected chi connectivity index (χ1v) is 8.34. The molecule has 1 aliphatic heterocycles. The van der Waals surface area contributed by atoms with Gasteiger partial charge in [-0.3, -0.25) is 0 Å². The molecule has 0 spiro atoms. The summed E-state index contributed by atoms with van der Waals surface area (Å²) in [7, 11) is -3.90. The van der Waals surface area contributed by atoms with Crippen molar-refractivity contribution < 1.29 is 26.3 Å². The normalized spacial score (nSPS) is 19.4. The minimum atomic E-state index is -3.90. The number of rotatable bonds is 6. The number of nitrogens with one attached hydrogen (secondary N) is 2. The summed E-state index contributed by atoms with van der Waals surface area (Å²) in [5.74, 6) is -1.85. The van der Waals surface area contributed by atoms with E-state index in [-0.39, 0.29) is 17.5 Å². The van der Waals surface area contributed by atoms with Gasteiger partial charge in [0.25, 0.3) is 0 Å². The second-order valence-electron chi connectivity index (χ2n) is 4.97. The largest absolute Gasteiger partial charge is 0.432 e. The zero-order valence-corrected chi connectivity index (χ0v) is 12.5. The van der Waals surface area contributed by atoms with E-state index in [1.807, 2.05) is 0 Å². The molecule has 1 fully saturated rings. The molecule has 1 saturated heterocycles. The van der Waals surface area contributed by atoms with Crippen molar-refractivity contribution >= 4 is 10.0 Å². The topological polar surface area (TPSA) is 67.4 Å². The van der Waals surface area contributed by atoms with E-state index < -0.39 is 28.2 Å². The van der Waals surface area contributed by atoms with E-state index >= 15 is 0 Å². The SMILES string of the molecule is O=S(=O)(NC[C@H]1CCCCN1)c1ccc(OC(F)F)c(F)c1. The zero-order valence-electron chi connectivity index (χ0n) is 11.7. The predicted molar refractivity (Wildman–Crippen MR) is 73.9 cm³/mol. The van der Waals surface area contributed by atoms with Crippen molar-refractivity contribution in [3.05, 3.63) is 24.0 Å². The first kappa shape index (κ1) is 17.0. The molecule has 0 aromatic heterocycles. The second kappa shape index (κ2) is 7.30. The Kier molecular flexibility index (Phi) is 5.65. The summed E-state index contributed by atoms with van der Waals surface area (Å²) in [5.41, 5.74) is 0. The molecule has 2 N–H and O–H groups in total. The van der Waals surface area contributed by atoms with Crippen LogP contribution in [0.25, 0.3) is 0 Å². The number of halogens is 3. The fourth-order valence-electron chi connectivity index (χ4n) is 2.23. The van der Waals surface area contributed by atoms with Gasteiger partial charge in [0.05, 0.1) is 4.90 Å². The lowest BCUT2D eigenvalue weighted by atomic mass is 10.1. The van der Waals surface area contributed by atoms with Crippen LogP contribution in [0.1, 0.15) is 19.3 Å². The Hall–Kier alpha value is -1.32. The lowest BCUT2D eigenvalue weighted by Gasteiger charge is -2.23. The maximum atomic E-state index is 13.6. The molecule has 0 bridgehead atoms. The highest BCUT2D eigenvalue weighted by Crippen LogP contribution is 2.22. The van der Waals surface area contributed by atoms with E-state index in [2.05, 4.69) is 14.8 Å². The summed E-state index contributed by atoms with van der Waals surface area (Å²) in [4.78, 5) is -0.331. The van der Waals surface area contributed by atoms with E-state index in [0.29, 0.717) is 6.07 Å². The molecule has 0 radical (unpaired) electrons. The molecule has 0 saturated carbocycles. The van der Waals surface area contributed by atoms with E-state index in [1.165, 1.54) is 0 Å². The third-order valence-electron chi connectivity index (χ3n) is 3.36. The average Bonchev–Trinajstić information content (AvgIpc) is 2.48. The maximum absolute atomic E-state index is 13.6. The highest BCUT2D eigenvalue weighted by Gasteiger charge is 2.20. The first-order valence-electron chi connectivity index (χ1n) is 6.86. The smallest absolute Gasteiger partial charge is 0.387 e. The van der Waals surface area contributed by atoms with Gasteiger partial charge in [-0.1, -0.05) is 6.42 Å². The van der Waals surface area contributed by atoms with Crippen molar-refractivity contribution in [1.29, 1.82) is 0 Å². The molecule has 1 atom stereocenters. The molecule has 0 aliphatic carbocycles. The van der Waals surface area contributed by atoms with Crippen molar-refractivity contribution in [3.63, 3.8) is 0 Å². The highest BCUT2D eigenvalue weighted by molar-refractivity contribution is 7.89. The zero-order chi connectivity index (χ0) is 16.2. The molecular weight excluding hydrogens is 321 g/mol. The van der Waals surface area contributed by atoms with Gasteiger partial charge in [-0.2, -0.15) is 8.78 Å². The number of piperidine rings is 1. The van der Waals surface area contributed by atoms with Gasteiger partial charge in [-0.15, -0.1) is 0 Å². The minimum absolute atomic E-state index is 0.0369. The predicted octanol–water partition coefficient (Wildman–Crippen LogP) is 1.85. The third kappa shape index (κ3) is 4.59. The molecule has 2 rings (SSSR count). The number of hydrogen-bond donors (Lipinski definition) is 2. The lowest BCUT2D eigenvalue weighted by Crippen LogP contribution is -2.43. The van der Waals surface area contributed by atoms with Crippen LogP contribution in [0.3, 0.4) is 0 Å². The molecule has 0 unspecified atom stereocenters. The standard InChI is InChI=1S/C13H17F3N2O3S/c14-11-7-10(4-5-12(11)21-13(15)16)22(19,20)18-8-9-3-1-2-6-17-9/h4-5,7,9,13,17-18H,1-3,6,8H2/t9-/m1/s1. The van der Waals surface area contributed by atoms with Gasteiger partial charge in [0.1, 0.15) is 0 Å². The molecule has 0 amide bonds. The van der Waals surface area contributed by atoms with Crippen molar-refractivity contribution in [3.8, 4) is 5.75 Å². The van der Waals surface area contributed by atoms with Crippen LogP contribution in [-0.4, -0.2) is 34.2 Å². The summed E-state index contributed by atoms with van der Waals surface area (Å²) in [6.45, 7) is -2.15. The molecule has 1 aliphatic rings. The Labute approximate surface area is 126 Å². The number of sulfonamides is 1. The molecular formula is C13H17F3N2O3S. The van der Waals surface area contributed by atoms with Gasteiger partial charge >= 0.3 is 6.61 Å². The second-order valence-corrected chi connectivity index (χ2v) is 6.74. The Morgan fingerprint density at radius 2 is 2.14 bits per heavy atom. The molecule has 1 aromatic carbocycles. The Balaban J connectivity index is 2.03. The van der Waals surface area contributed by atoms with Gasteiger partial charge in [-0.05, 0) is 37.6 Å². The van der Waals surface area contributed by atoms with E-state index in [4.69, 9.17) is 0 Å². The van der Waals surface area contributed by atoms with Crippen LogP contribution in [-0.2, 0) is 10.0 Å². The summed E-state index contributed by atoms with van der Waals surface area (Å²) in [6, 6.07) is 2.59. The average molecular weight is 338 g/mol. The Bertz CT molecular complexity index is 605. The monoisotopic (exact) mass is 338 g/mol. The quantitative estimate of drug-likeness (QED) is 0.831. The van der Waals surface area contributed by atoms with E-state index in [9.17, 15) is 21.6 Å². The molecule has 1 aromatic rings. The van der Waals surface area contributed by atoms with Crippen LogP contribution in [0.2, 0.25) is 0 Å². The van der Waals surface area contributed by atoms with Crippen molar-refractivity contribution in [2.24, 2.45) is 0 Å². The van der Waals surface area contributed by atoms with Crippen LogP contribution in [0, 0.1) is 5.82 Å². The molecule has 5 nitrogen and oxygen atoms in total. The molecule has 124 valence electrons. The molecule has 9 heteroatoms. The van der Waals surface area contributed by atoms with Crippen LogP contribution in [0.4, 0.5) is 13.2 Å².